The minimum atomic E-state index is -3.38. The van der Waals surface area contributed by atoms with E-state index in [2.05, 4.69) is 12.2 Å². The molecule has 0 unspecified atom stereocenters. The Morgan fingerprint density at radius 3 is 2.60 bits per heavy atom. The Labute approximate surface area is 176 Å². The summed E-state index contributed by atoms with van der Waals surface area (Å²) in [5.41, 5.74) is 0.886. The summed E-state index contributed by atoms with van der Waals surface area (Å²) >= 11 is 0. The lowest BCUT2D eigenvalue weighted by Crippen LogP contribution is -2.49. The second-order valence-corrected chi connectivity index (χ2v) is 10.7. The van der Waals surface area contributed by atoms with E-state index in [-0.39, 0.29) is 18.2 Å². The summed E-state index contributed by atoms with van der Waals surface area (Å²) in [7, 11) is -3.38. The number of urea groups is 1. The Bertz CT molecular complexity index is 1010. The number of fused-ring (bicyclic) bond motifs is 1. The van der Waals surface area contributed by atoms with E-state index in [0.717, 1.165) is 23.3 Å². The molecule has 8 nitrogen and oxygen atoms in total. The fourth-order valence-corrected chi connectivity index (χ4v) is 5.73. The first-order valence-corrected chi connectivity index (χ1v) is 12.2. The molecule has 0 radical (unpaired) electrons. The van der Waals surface area contributed by atoms with E-state index in [4.69, 9.17) is 0 Å². The van der Waals surface area contributed by atoms with Crippen molar-refractivity contribution in [3.8, 4) is 0 Å². The number of nitrogens with zero attached hydrogens (tertiary/aromatic N) is 2. The Morgan fingerprint density at radius 1 is 1.23 bits per heavy atom. The molecule has 1 spiro atoms. The molecule has 1 saturated carbocycles. The Kier molecular flexibility index (Phi) is 5.12. The number of hydrogen-bond donors (Lipinski definition) is 1. The van der Waals surface area contributed by atoms with Crippen LogP contribution in [0.5, 0.6) is 0 Å². The van der Waals surface area contributed by atoms with E-state index < -0.39 is 21.6 Å². The van der Waals surface area contributed by atoms with Gasteiger partial charge in [-0.2, -0.15) is 0 Å². The van der Waals surface area contributed by atoms with Crippen LogP contribution in [0.3, 0.4) is 0 Å². The van der Waals surface area contributed by atoms with Crippen LogP contribution in [0.15, 0.2) is 18.2 Å². The third-order valence-corrected chi connectivity index (χ3v) is 7.73. The van der Waals surface area contributed by atoms with Gasteiger partial charge in [-0.1, -0.05) is 6.92 Å². The average Bonchev–Trinajstić information content (AvgIpc) is 2.93. The van der Waals surface area contributed by atoms with Gasteiger partial charge in [-0.15, -0.1) is 0 Å². The van der Waals surface area contributed by atoms with Gasteiger partial charge < -0.3 is 5.32 Å². The van der Waals surface area contributed by atoms with E-state index in [1.54, 1.807) is 18.2 Å². The molecule has 1 aliphatic carbocycles. The number of rotatable bonds is 4. The molecule has 0 aromatic heterocycles. The summed E-state index contributed by atoms with van der Waals surface area (Å²) in [6, 6.07) is 4.38. The molecular weight excluding hydrogens is 406 g/mol. The fraction of sp³-hybridized carbons (Fsp3) is 0.571. The maximum Gasteiger partial charge on any atom is 0.325 e. The highest BCUT2D eigenvalue weighted by Crippen LogP contribution is 2.36. The number of ketones is 1. The predicted molar refractivity (Wildman–Crippen MR) is 112 cm³/mol. The third-order valence-electron chi connectivity index (χ3n) is 6.55. The highest BCUT2D eigenvalue weighted by Gasteiger charge is 2.52. The number of amides is 3. The minimum Gasteiger partial charge on any atom is -0.323 e. The van der Waals surface area contributed by atoms with E-state index in [9.17, 15) is 22.8 Å². The predicted octanol–water partition coefficient (Wildman–Crippen LogP) is 2.08. The fourth-order valence-electron chi connectivity index (χ4n) is 4.73. The summed E-state index contributed by atoms with van der Waals surface area (Å²) in [5, 5.41) is 2.83. The third kappa shape index (κ3) is 3.59. The zero-order chi connectivity index (χ0) is 21.7. The lowest BCUT2D eigenvalue weighted by Gasteiger charge is -2.33. The van der Waals surface area contributed by atoms with Crippen LogP contribution >= 0.6 is 0 Å². The van der Waals surface area contributed by atoms with Gasteiger partial charge in [0.05, 0.1) is 18.5 Å². The lowest BCUT2D eigenvalue weighted by atomic mass is 9.77. The number of hydrogen-bond acceptors (Lipinski definition) is 5. The molecule has 1 aromatic carbocycles. The molecule has 2 aliphatic heterocycles. The van der Waals surface area contributed by atoms with Crippen LogP contribution in [-0.2, 0) is 21.2 Å². The second-order valence-electron chi connectivity index (χ2n) is 8.79. The quantitative estimate of drug-likeness (QED) is 0.578. The molecule has 0 bridgehead atoms. The molecule has 162 valence electrons. The van der Waals surface area contributed by atoms with E-state index in [0.29, 0.717) is 49.4 Å². The Balaban J connectivity index is 1.52. The van der Waals surface area contributed by atoms with Crippen LogP contribution in [0, 0.1) is 5.92 Å². The van der Waals surface area contributed by atoms with Gasteiger partial charge in [-0.05, 0) is 68.2 Å². The SMILES string of the molecule is CC1CCC2(CC1)NC(=O)N(CC(=O)c1ccc3c(c1)CCCN3S(C)(=O)=O)C2=O. The van der Waals surface area contributed by atoms with Crippen molar-refractivity contribution in [3.63, 3.8) is 0 Å². The molecule has 2 fully saturated rings. The van der Waals surface area contributed by atoms with Gasteiger partial charge >= 0.3 is 6.03 Å². The molecule has 0 atom stereocenters. The van der Waals surface area contributed by atoms with Crippen LogP contribution in [-0.4, -0.2) is 55.9 Å². The second kappa shape index (κ2) is 7.37. The molecule has 30 heavy (non-hydrogen) atoms. The van der Waals surface area contributed by atoms with Crippen LogP contribution in [0.4, 0.5) is 10.5 Å². The van der Waals surface area contributed by atoms with Crippen molar-refractivity contribution >= 4 is 33.4 Å². The van der Waals surface area contributed by atoms with Gasteiger partial charge in [-0.25, -0.2) is 13.2 Å². The zero-order valence-electron chi connectivity index (χ0n) is 17.3. The first-order chi connectivity index (χ1) is 14.1. The largest absolute Gasteiger partial charge is 0.325 e. The normalized spacial score (nSPS) is 26.7. The average molecular weight is 434 g/mol. The number of carbonyl (C=O) groups is 3. The standard InChI is InChI=1S/C21H27N3O5S/c1-14-7-9-21(10-8-14)19(26)23(20(27)22-21)13-18(25)16-5-6-17-15(12-16)4-3-11-24(17)30(2,28)29/h5-6,12,14H,3-4,7-11,13H2,1-2H3,(H,22,27). The summed E-state index contributed by atoms with van der Waals surface area (Å²) in [5.74, 6) is -0.119. The van der Waals surface area contributed by atoms with Crippen LogP contribution in [0.2, 0.25) is 0 Å². The van der Waals surface area contributed by atoms with Crippen LogP contribution < -0.4 is 9.62 Å². The maximum absolute atomic E-state index is 13.0. The summed E-state index contributed by atoms with van der Waals surface area (Å²) in [6.07, 6.45) is 5.46. The monoisotopic (exact) mass is 433 g/mol. The molecule has 1 saturated heterocycles. The molecule has 4 rings (SSSR count). The number of anilines is 1. The number of benzene rings is 1. The Morgan fingerprint density at radius 2 is 1.93 bits per heavy atom. The van der Waals surface area contributed by atoms with Gasteiger partial charge in [0.2, 0.25) is 10.0 Å². The van der Waals surface area contributed by atoms with Crippen LogP contribution in [0.1, 0.15) is 54.9 Å². The molecule has 9 heteroatoms. The van der Waals surface area contributed by atoms with Gasteiger partial charge in [0, 0.05) is 12.1 Å². The van der Waals surface area contributed by atoms with Crippen LogP contribution in [0.25, 0.3) is 0 Å². The van der Waals surface area contributed by atoms with Crippen molar-refractivity contribution in [1.82, 2.24) is 10.2 Å². The number of imide groups is 1. The number of Topliss-reactive ketones (excluding diaryl/α,β-unsaturated/α-hetero) is 1. The number of sulfonamides is 1. The number of carbonyl (C=O) groups excluding carboxylic acids is 3. The summed E-state index contributed by atoms with van der Waals surface area (Å²) < 4.78 is 25.4. The summed E-state index contributed by atoms with van der Waals surface area (Å²) in [6.45, 7) is 2.25. The zero-order valence-corrected chi connectivity index (χ0v) is 18.1. The smallest absolute Gasteiger partial charge is 0.323 e. The minimum absolute atomic E-state index is 0.309. The molecule has 2 heterocycles. The van der Waals surface area contributed by atoms with Crippen molar-refractivity contribution in [2.75, 3.05) is 23.7 Å². The van der Waals surface area contributed by atoms with Crippen molar-refractivity contribution in [2.45, 2.75) is 51.0 Å². The van der Waals surface area contributed by atoms with Gasteiger partial charge in [-0.3, -0.25) is 18.8 Å². The highest BCUT2D eigenvalue weighted by atomic mass is 32.2. The molecule has 3 amide bonds. The van der Waals surface area contributed by atoms with E-state index in [1.165, 1.54) is 10.6 Å². The molecular formula is C21H27N3O5S. The van der Waals surface area contributed by atoms with Gasteiger partial charge in [0.15, 0.2) is 5.78 Å². The lowest BCUT2D eigenvalue weighted by molar-refractivity contribution is -0.132. The molecule has 3 aliphatic rings. The Hall–Kier alpha value is -2.42. The topological polar surface area (TPSA) is 104 Å². The number of nitrogens with one attached hydrogen (secondary N) is 1. The van der Waals surface area contributed by atoms with Crippen molar-refractivity contribution in [2.24, 2.45) is 5.92 Å². The highest BCUT2D eigenvalue weighted by molar-refractivity contribution is 7.92. The first kappa shape index (κ1) is 20.8. The summed E-state index contributed by atoms with van der Waals surface area (Å²) in [4.78, 5) is 39.3. The van der Waals surface area contributed by atoms with Gasteiger partial charge in [0.25, 0.3) is 5.91 Å². The van der Waals surface area contributed by atoms with E-state index >= 15 is 0 Å². The van der Waals surface area contributed by atoms with E-state index in [1.807, 2.05) is 0 Å². The van der Waals surface area contributed by atoms with Gasteiger partial charge in [0.1, 0.15) is 5.54 Å². The maximum atomic E-state index is 13.0. The molecule has 1 N–H and O–H groups in total. The molecule has 1 aromatic rings. The number of aryl methyl sites for hydroxylation is 1. The van der Waals surface area contributed by atoms with Crippen molar-refractivity contribution in [3.05, 3.63) is 29.3 Å². The van der Waals surface area contributed by atoms with Crippen molar-refractivity contribution in [1.29, 1.82) is 0 Å². The first-order valence-electron chi connectivity index (χ1n) is 10.4. The van der Waals surface area contributed by atoms with Crippen molar-refractivity contribution < 1.29 is 22.8 Å².